The van der Waals surface area contributed by atoms with Crippen LogP contribution in [0.25, 0.3) is 0 Å². The lowest BCUT2D eigenvalue weighted by atomic mass is 10.1. The van der Waals surface area contributed by atoms with Crippen LogP contribution >= 0.6 is 0 Å². The van der Waals surface area contributed by atoms with Gasteiger partial charge in [0, 0.05) is 6.61 Å². The van der Waals surface area contributed by atoms with Gasteiger partial charge in [-0.2, -0.15) is 0 Å². The smallest absolute Gasteiger partial charge is 0.408 e. The number of aliphatic carboxylic acids is 1. The zero-order valence-corrected chi connectivity index (χ0v) is 11.0. The number of rotatable bonds is 5. The Morgan fingerprint density at radius 1 is 1.40 bits per heavy atom. The van der Waals surface area contributed by atoms with E-state index in [1.165, 1.54) is 0 Å². The third-order valence-electron chi connectivity index (χ3n) is 3.09. The summed E-state index contributed by atoms with van der Waals surface area (Å²) in [7, 11) is 0. The first-order valence-electron chi connectivity index (χ1n) is 6.48. The molecule has 0 aliphatic carbocycles. The number of alkyl carbamates (subject to hydrolysis) is 1. The monoisotopic (exact) mass is 279 g/mol. The fraction of sp³-hybridized carbons (Fsp3) is 0.429. The minimum atomic E-state index is -1.12. The first kappa shape index (κ1) is 14.3. The largest absolute Gasteiger partial charge is 0.480 e. The number of hydrogen-bond acceptors (Lipinski definition) is 4. The summed E-state index contributed by atoms with van der Waals surface area (Å²) in [4.78, 5) is 22.8. The molecule has 0 saturated carbocycles. The number of carboxylic acids is 1. The van der Waals surface area contributed by atoms with Gasteiger partial charge in [0.2, 0.25) is 0 Å². The van der Waals surface area contributed by atoms with E-state index in [0.717, 1.165) is 12.0 Å². The SMILES string of the molecule is O=C(N[C@H](C(=O)O)[C@@H]1CCCO1)OCc1ccccc1. The van der Waals surface area contributed by atoms with Crippen molar-refractivity contribution in [1.29, 1.82) is 0 Å². The summed E-state index contributed by atoms with van der Waals surface area (Å²) < 4.78 is 10.3. The molecule has 2 atom stereocenters. The zero-order valence-electron chi connectivity index (χ0n) is 11.0. The van der Waals surface area contributed by atoms with Crippen molar-refractivity contribution in [2.75, 3.05) is 6.61 Å². The van der Waals surface area contributed by atoms with E-state index in [1.54, 1.807) is 0 Å². The van der Waals surface area contributed by atoms with E-state index in [9.17, 15) is 9.59 Å². The maximum absolute atomic E-state index is 11.6. The first-order valence-corrected chi connectivity index (χ1v) is 6.48. The average Bonchev–Trinajstić information content (AvgIpc) is 2.97. The second-order valence-electron chi connectivity index (χ2n) is 4.57. The van der Waals surface area contributed by atoms with E-state index < -0.39 is 24.2 Å². The highest BCUT2D eigenvalue weighted by molar-refractivity contribution is 5.80. The van der Waals surface area contributed by atoms with Gasteiger partial charge in [0.1, 0.15) is 6.61 Å². The Kier molecular flexibility index (Phi) is 4.95. The summed E-state index contributed by atoms with van der Waals surface area (Å²) >= 11 is 0. The van der Waals surface area contributed by atoms with E-state index in [-0.39, 0.29) is 6.61 Å². The molecule has 1 heterocycles. The lowest BCUT2D eigenvalue weighted by Gasteiger charge is -2.19. The van der Waals surface area contributed by atoms with Crippen molar-refractivity contribution in [2.24, 2.45) is 0 Å². The third kappa shape index (κ3) is 3.96. The van der Waals surface area contributed by atoms with Gasteiger partial charge in [0.25, 0.3) is 0 Å². The van der Waals surface area contributed by atoms with Crippen LogP contribution in [-0.2, 0) is 20.9 Å². The van der Waals surface area contributed by atoms with Crippen molar-refractivity contribution in [3.05, 3.63) is 35.9 Å². The molecule has 108 valence electrons. The van der Waals surface area contributed by atoms with Crippen molar-refractivity contribution in [1.82, 2.24) is 5.32 Å². The zero-order chi connectivity index (χ0) is 14.4. The molecule has 20 heavy (non-hydrogen) atoms. The van der Waals surface area contributed by atoms with Crippen LogP contribution in [0.1, 0.15) is 18.4 Å². The third-order valence-corrected chi connectivity index (χ3v) is 3.09. The standard InChI is InChI=1S/C14H17NO5/c16-13(17)12(11-7-4-8-19-11)15-14(18)20-9-10-5-2-1-3-6-10/h1-3,5-6,11-12H,4,7-9H2,(H,15,18)(H,16,17)/t11-,12-/m0/s1. The van der Waals surface area contributed by atoms with Crippen LogP contribution in [0.2, 0.25) is 0 Å². The molecule has 6 nitrogen and oxygen atoms in total. The number of carbonyl (C=O) groups is 2. The molecule has 1 fully saturated rings. The number of carboxylic acid groups (broad SMARTS) is 1. The van der Waals surface area contributed by atoms with Gasteiger partial charge in [-0.1, -0.05) is 30.3 Å². The Morgan fingerprint density at radius 2 is 2.15 bits per heavy atom. The Labute approximate surface area is 116 Å². The molecule has 1 aliphatic heterocycles. The molecule has 2 rings (SSSR count). The lowest BCUT2D eigenvalue weighted by Crippen LogP contribution is -2.48. The fourth-order valence-corrected chi connectivity index (χ4v) is 2.07. The predicted octanol–water partition coefficient (Wildman–Crippen LogP) is 1.54. The summed E-state index contributed by atoms with van der Waals surface area (Å²) in [5.41, 5.74) is 0.839. The molecule has 0 radical (unpaired) electrons. The van der Waals surface area contributed by atoms with Crippen LogP contribution in [0, 0.1) is 0 Å². The number of carbonyl (C=O) groups excluding carboxylic acids is 1. The van der Waals surface area contributed by atoms with Crippen LogP contribution in [0.15, 0.2) is 30.3 Å². The molecule has 0 unspecified atom stereocenters. The maximum atomic E-state index is 11.6. The fourth-order valence-electron chi connectivity index (χ4n) is 2.07. The molecule has 1 amide bonds. The summed E-state index contributed by atoms with van der Waals surface area (Å²) in [6.45, 7) is 0.625. The molecule has 6 heteroatoms. The number of hydrogen-bond donors (Lipinski definition) is 2. The van der Waals surface area contributed by atoms with Crippen LogP contribution in [0.3, 0.4) is 0 Å². The Morgan fingerprint density at radius 3 is 2.75 bits per heavy atom. The normalized spacial score (nSPS) is 19.3. The van der Waals surface area contributed by atoms with Gasteiger partial charge < -0.3 is 19.9 Å². The second-order valence-corrected chi connectivity index (χ2v) is 4.57. The second kappa shape index (κ2) is 6.91. The molecule has 1 aliphatic rings. The molecule has 0 aromatic heterocycles. The number of ether oxygens (including phenoxy) is 2. The Hall–Kier alpha value is -2.08. The van der Waals surface area contributed by atoms with Crippen LogP contribution < -0.4 is 5.32 Å². The predicted molar refractivity (Wildman–Crippen MR) is 70.2 cm³/mol. The minimum absolute atomic E-state index is 0.102. The van der Waals surface area contributed by atoms with E-state index in [4.69, 9.17) is 14.6 Å². The van der Waals surface area contributed by atoms with Crippen LogP contribution in [0.5, 0.6) is 0 Å². The highest BCUT2D eigenvalue weighted by atomic mass is 16.5. The summed E-state index contributed by atoms with van der Waals surface area (Å²) in [6.07, 6.45) is 0.180. The molecule has 1 aromatic carbocycles. The first-order chi connectivity index (χ1) is 9.66. The van der Waals surface area contributed by atoms with Crippen molar-refractivity contribution < 1.29 is 24.2 Å². The summed E-state index contributed by atoms with van der Waals surface area (Å²) in [5, 5.41) is 11.5. The van der Waals surface area contributed by atoms with Crippen molar-refractivity contribution in [3.63, 3.8) is 0 Å². The molecule has 1 saturated heterocycles. The van der Waals surface area contributed by atoms with Gasteiger partial charge in [-0.15, -0.1) is 0 Å². The van der Waals surface area contributed by atoms with E-state index in [0.29, 0.717) is 13.0 Å². The Bertz CT molecular complexity index is 456. The van der Waals surface area contributed by atoms with Crippen molar-refractivity contribution >= 4 is 12.1 Å². The van der Waals surface area contributed by atoms with Gasteiger partial charge in [-0.05, 0) is 18.4 Å². The van der Waals surface area contributed by atoms with Gasteiger partial charge >= 0.3 is 12.1 Å². The number of amides is 1. The van der Waals surface area contributed by atoms with E-state index >= 15 is 0 Å². The summed E-state index contributed by atoms with van der Waals surface area (Å²) in [5.74, 6) is -1.12. The van der Waals surface area contributed by atoms with E-state index in [1.807, 2.05) is 30.3 Å². The van der Waals surface area contributed by atoms with Crippen molar-refractivity contribution in [3.8, 4) is 0 Å². The molecular formula is C14H17NO5. The van der Waals surface area contributed by atoms with Gasteiger partial charge in [0.15, 0.2) is 6.04 Å². The molecule has 2 N–H and O–H groups in total. The molecule has 0 spiro atoms. The quantitative estimate of drug-likeness (QED) is 0.854. The topological polar surface area (TPSA) is 84.9 Å². The minimum Gasteiger partial charge on any atom is -0.480 e. The number of nitrogens with one attached hydrogen (secondary N) is 1. The summed E-state index contributed by atoms with van der Waals surface area (Å²) in [6, 6.07) is 8.11. The van der Waals surface area contributed by atoms with Gasteiger partial charge in [-0.3, -0.25) is 0 Å². The van der Waals surface area contributed by atoms with Crippen LogP contribution in [-0.4, -0.2) is 35.9 Å². The maximum Gasteiger partial charge on any atom is 0.408 e. The molecular weight excluding hydrogens is 262 g/mol. The van der Waals surface area contributed by atoms with Gasteiger partial charge in [-0.25, -0.2) is 9.59 Å². The highest BCUT2D eigenvalue weighted by Crippen LogP contribution is 2.16. The average molecular weight is 279 g/mol. The molecule has 1 aromatic rings. The van der Waals surface area contributed by atoms with Crippen molar-refractivity contribution in [2.45, 2.75) is 31.6 Å². The van der Waals surface area contributed by atoms with Gasteiger partial charge in [0.05, 0.1) is 6.10 Å². The van der Waals surface area contributed by atoms with Crippen LogP contribution in [0.4, 0.5) is 4.79 Å². The number of benzene rings is 1. The Balaban J connectivity index is 1.84. The highest BCUT2D eigenvalue weighted by Gasteiger charge is 2.33. The van der Waals surface area contributed by atoms with E-state index in [2.05, 4.69) is 5.32 Å². The lowest BCUT2D eigenvalue weighted by molar-refractivity contribution is -0.142. The molecule has 0 bridgehead atoms.